The summed E-state index contributed by atoms with van der Waals surface area (Å²) in [6, 6.07) is 10.6. The van der Waals surface area contributed by atoms with E-state index >= 15 is 0 Å². The SMILES string of the molecule is CCCNC(c1ccc(C)o1)c1ccc(C)cc1Br. The molecule has 0 spiro atoms. The quantitative estimate of drug-likeness (QED) is 0.859. The van der Waals surface area contributed by atoms with Gasteiger partial charge in [-0.2, -0.15) is 0 Å². The number of aryl methyl sites for hydroxylation is 2. The molecule has 102 valence electrons. The van der Waals surface area contributed by atoms with Gasteiger partial charge in [-0.3, -0.25) is 0 Å². The zero-order valence-electron chi connectivity index (χ0n) is 11.7. The van der Waals surface area contributed by atoms with E-state index < -0.39 is 0 Å². The molecule has 2 aromatic rings. The molecule has 1 aromatic carbocycles. The normalized spacial score (nSPS) is 12.6. The minimum atomic E-state index is 0.101. The molecule has 3 heteroatoms. The highest BCUT2D eigenvalue weighted by Crippen LogP contribution is 2.30. The third-order valence-electron chi connectivity index (χ3n) is 3.11. The minimum Gasteiger partial charge on any atom is -0.464 e. The second kappa shape index (κ2) is 6.40. The van der Waals surface area contributed by atoms with Gasteiger partial charge in [0.15, 0.2) is 0 Å². The Labute approximate surface area is 123 Å². The third-order valence-corrected chi connectivity index (χ3v) is 3.80. The van der Waals surface area contributed by atoms with Crippen molar-refractivity contribution in [3.8, 4) is 0 Å². The fourth-order valence-corrected chi connectivity index (χ4v) is 2.85. The third kappa shape index (κ3) is 3.48. The number of hydrogen-bond donors (Lipinski definition) is 1. The molecular formula is C16H20BrNO. The van der Waals surface area contributed by atoms with Gasteiger partial charge in [-0.05, 0) is 56.1 Å². The van der Waals surface area contributed by atoms with Crippen LogP contribution in [0.15, 0.2) is 39.2 Å². The van der Waals surface area contributed by atoms with Gasteiger partial charge >= 0.3 is 0 Å². The molecule has 0 amide bonds. The smallest absolute Gasteiger partial charge is 0.125 e. The molecule has 0 saturated heterocycles. The second-order valence-corrected chi connectivity index (χ2v) is 5.71. The molecule has 19 heavy (non-hydrogen) atoms. The Morgan fingerprint density at radius 2 is 2.00 bits per heavy atom. The number of nitrogens with one attached hydrogen (secondary N) is 1. The summed E-state index contributed by atoms with van der Waals surface area (Å²) in [6.07, 6.45) is 1.10. The van der Waals surface area contributed by atoms with Crippen molar-refractivity contribution in [1.29, 1.82) is 0 Å². The van der Waals surface area contributed by atoms with Crippen molar-refractivity contribution in [3.63, 3.8) is 0 Å². The number of benzene rings is 1. The highest BCUT2D eigenvalue weighted by molar-refractivity contribution is 9.10. The van der Waals surface area contributed by atoms with E-state index in [0.29, 0.717) is 0 Å². The molecule has 0 fully saturated rings. The average molecular weight is 322 g/mol. The van der Waals surface area contributed by atoms with Gasteiger partial charge < -0.3 is 9.73 Å². The summed E-state index contributed by atoms with van der Waals surface area (Å²) >= 11 is 3.66. The first-order valence-corrected chi connectivity index (χ1v) is 7.47. The van der Waals surface area contributed by atoms with Crippen molar-refractivity contribution < 1.29 is 4.42 Å². The maximum atomic E-state index is 5.80. The largest absolute Gasteiger partial charge is 0.464 e. The average Bonchev–Trinajstić information content (AvgIpc) is 2.78. The minimum absolute atomic E-state index is 0.101. The van der Waals surface area contributed by atoms with E-state index in [1.807, 2.05) is 13.0 Å². The molecule has 0 radical (unpaired) electrons. The number of furan rings is 1. The Hall–Kier alpha value is -1.06. The van der Waals surface area contributed by atoms with Crippen molar-refractivity contribution in [2.24, 2.45) is 0 Å². The predicted octanol–water partition coefficient (Wildman–Crippen LogP) is 4.75. The summed E-state index contributed by atoms with van der Waals surface area (Å²) in [5.41, 5.74) is 2.47. The molecular weight excluding hydrogens is 302 g/mol. The monoisotopic (exact) mass is 321 g/mol. The first-order chi connectivity index (χ1) is 9.11. The van der Waals surface area contributed by atoms with Crippen molar-refractivity contribution >= 4 is 15.9 Å². The van der Waals surface area contributed by atoms with Gasteiger partial charge in [0.25, 0.3) is 0 Å². The first kappa shape index (κ1) is 14.4. The molecule has 2 rings (SSSR count). The van der Waals surface area contributed by atoms with E-state index in [4.69, 9.17) is 4.42 Å². The van der Waals surface area contributed by atoms with Gasteiger partial charge in [-0.15, -0.1) is 0 Å². The standard InChI is InChI=1S/C16H20BrNO/c1-4-9-18-16(15-8-6-12(3)19-15)13-7-5-11(2)10-14(13)17/h5-8,10,16,18H,4,9H2,1-3H3. The van der Waals surface area contributed by atoms with Crippen LogP contribution in [0.5, 0.6) is 0 Å². The first-order valence-electron chi connectivity index (χ1n) is 6.67. The summed E-state index contributed by atoms with van der Waals surface area (Å²) in [7, 11) is 0. The van der Waals surface area contributed by atoms with Crippen molar-refractivity contribution in [1.82, 2.24) is 5.32 Å². The molecule has 0 bridgehead atoms. The lowest BCUT2D eigenvalue weighted by atomic mass is 10.0. The van der Waals surface area contributed by atoms with Crippen LogP contribution >= 0.6 is 15.9 Å². The Balaban J connectivity index is 2.36. The Morgan fingerprint density at radius 1 is 1.21 bits per heavy atom. The number of hydrogen-bond acceptors (Lipinski definition) is 2. The Morgan fingerprint density at radius 3 is 2.58 bits per heavy atom. The van der Waals surface area contributed by atoms with Crippen LogP contribution in [0.1, 0.15) is 42.0 Å². The van der Waals surface area contributed by atoms with Crippen LogP contribution in [-0.4, -0.2) is 6.54 Å². The van der Waals surface area contributed by atoms with Gasteiger partial charge in [0.1, 0.15) is 11.5 Å². The lowest BCUT2D eigenvalue weighted by Gasteiger charge is -2.18. The highest BCUT2D eigenvalue weighted by atomic mass is 79.9. The van der Waals surface area contributed by atoms with E-state index in [0.717, 1.165) is 29.0 Å². The molecule has 1 atom stereocenters. The predicted molar refractivity (Wildman–Crippen MR) is 82.5 cm³/mol. The second-order valence-electron chi connectivity index (χ2n) is 4.86. The molecule has 1 unspecified atom stereocenters. The molecule has 0 aliphatic carbocycles. The van der Waals surface area contributed by atoms with Crippen LogP contribution in [0, 0.1) is 13.8 Å². The van der Waals surface area contributed by atoms with Gasteiger partial charge in [-0.1, -0.05) is 35.0 Å². The van der Waals surface area contributed by atoms with E-state index in [-0.39, 0.29) is 6.04 Å². The molecule has 0 aliphatic rings. The van der Waals surface area contributed by atoms with Crippen LogP contribution in [0.3, 0.4) is 0 Å². The fraction of sp³-hybridized carbons (Fsp3) is 0.375. The van der Waals surface area contributed by atoms with Crippen molar-refractivity contribution in [2.75, 3.05) is 6.54 Å². The lowest BCUT2D eigenvalue weighted by Crippen LogP contribution is -2.23. The van der Waals surface area contributed by atoms with Crippen LogP contribution in [-0.2, 0) is 0 Å². The summed E-state index contributed by atoms with van der Waals surface area (Å²) in [5, 5.41) is 3.55. The van der Waals surface area contributed by atoms with Crippen LogP contribution < -0.4 is 5.32 Å². The van der Waals surface area contributed by atoms with Crippen molar-refractivity contribution in [3.05, 3.63) is 57.5 Å². The van der Waals surface area contributed by atoms with Crippen LogP contribution in [0.4, 0.5) is 0 Å². The fourth-order valence-electron chi connectivity index (χ4n) is 2.13. The van der Waals surface area contributed by atoms with Crippen molar-refractivity contribution in [2.45, 2.75) is 33.2 Å². The molecule has 1 heterocycles. The van der Waals surface area contributed by atoms with Gasteiger partial charge in [0.05, 0.1) is 6.04 Å². The molecule has 1 N–H and O–H groups in total. The van der Waals surface area contributed by atoms with Gasteiger partial charge in [-0.25, -0.2) is 0 Å². The van der Waals surface area contributed by atoms with Crippen LogP contribution in [0.25, 0.3) is 0 Å². The summed E-state index contributed by atoms with van der Waals surface area (Å²) in [5.74, 6) is 1.91. The van der Waals surface area contributed by atoms with Gasteiger partial charge in [0, 0.05) is 4.47 Å². The maximum Gasteiger partial charge on any atom is 0.125 e. The summed E-state index contributed by atoms with van der Waals surface area (Å²) in [4.78, 5) is 0. The highest BCUT2D eigenvalue weighted by Gasteiger charge is 2.19. The van der Waals surface area contributed by atoms with E-state index in [9.17, 15) is 0 Å². The zero-order chi connectivity index (χ0) is 13.8. The Kier molecular flexibility index (Phi) is 4.83. The van der Waals surface area contributed by atoms with E-state index in [2.05, 4.69) is 59.4 Å². The molecule has 1 aromatic heterocycles. The number of halogens is 1. The number of rotatable bonds is 5. The maximum absolute atomic E-state index is 5.80. The topological polar surface area (TPSA) is 25.2 Å². The summed E-state index contributed by atoms with van der Waals surface area (Å²) < 4.78 is 6.92. The van der Waals surface area contributed by atoms with E-state index in [1.54, 1.807) is 0 Å². The van der Waals surface area contributed by atoms with E-state index in [1.165, 1.54) is 11.1 Å². The zero-order valence-corrected chi connectivity index (χ0v) is 13.3. The molecule has 0 aliphatic heterocycles. The van der Waals surface area contributed by atoms with Crippen LogP contribution in [0.2, 0.25) is 0 Å². The lowest BCUT2D eigenvalue weighted by molar-refractivity contribution is 0.430. The Bertz CT molecular complexity index is 547. The summed E-state index contributed by atoms with van der Waals surface area (Å²) in [6.45, 7) is 7.21. The molecule has 2 nitrogen and oxygen atoms in total. The van der Waals surface area contributed by atoms with Gasteiger partial charge in [0.2, 0.25) is 0 Å². The molecule has 0 saturated carbocycles.